The Morgan fingerprint density at radius 1 is 0.724 bits per heavy atom. The molecule has 29 heavy (non-hydrogen) atoms. The van der Waals surface area contributed by atoms with Crippen LogP contribution in [0.5, 0.6) is 5.75 Å². The molecule has 0 fully saturated rings. The van der Waals surface area contributed by atoms with E-state index >= 15 is 0 Å². The summed E-state index contributed by atoms with van der Waals surface area (Å²) in [4.78, 5) is -0.0728. The minimum Gasteiger partial charge on any atom is -0.493 e. The summed E-state index contributed by atoms with van der Waals surface area (Å²) in [6, 6.07) is 2.92. The maximum atomic E-state index is 11.3. The van der Waals surface area contributed by atoms with Crippen LogP contribution in [0.15, 0.2) is 17.0 Å². The fraction of sp³-hybridized carbons (Fsp3) is 0.750. The van der Waals surface area contributed by atoms with Crippen molar-refractivity contribution in [3.63, 3.8) is 0 Å². The van der Waals surface area contributed by atoms with Gasteiger partial charge in [-0.05, 0) is 43.5 Å². The summed E-state index contributed by atoms with van der Waals surface area (Å²) in [5.74, 6) is 0.729. The normalized spacial score (nSPS) is 11.7. The van der Waals surface area contributed by atoms with Gasteiger partial charge in [-0.25, -0.2) is 0 Å². The van der Waals surface area contributed by atoms with E-state index in [9.17, 15) is 13.0 Å². The third kappa shape index (κ3) is 11.6. The molecular formula is C24H42O4S. The molecule has 0 heterocycles. The predicted molar refractivity (Wildman–Crippen MR) is 122 cm³/mol. The van der Waals surface area contributed by atoms with E-state index in [1.54, 1.807) is 0 Å². The molecule has 0 saturated heterocycles. The Labute approximate surface area is 179 Å². The maximum Gasteiger partial charge on any atom is 0.294 e. The van der Waals surface area contributed by atoms with Crippen molar-refractivity contribution in [2.45, 2.75) is 116 Å². The molecule has 5 heteroatoms. The van der Waals surface area contributed by atoms with Gasteiger partial charge in [0.15, 0.2) is 0 Å². The highest BCUT2D eigenvalue weighted by Gasteiger charge is 2.14. The summed E-state index contributed by atoms with van der Waals surface area (Å²) < 4.78 is 37.6. The first kappa shape index (κ1) is 26.0. The molecular weight excluding hydrogens is 384 g/mol. The van der Waals surface area contributed by atoms with Gasteiger partial charge in [0.05, 0.1) is 11.5 Å². The van der Waals surface area contributed by atoms with E-state index in [1.165, 1.54) is 95.6 Å². The zero-order valence-corrected chi connectivity index (χ0v) is 19.7. The van der Waals surface area contributed by atoms with E-state index in [0.717, 1.165) is 23.3 Å². The monoisotopic (exact) mass is 426 g/mol. The molecule has 168 valence electrons. The van der Waals surface area contributed by atoms with Crippen LogP contribution < -0.4 is 4.74 Å². The highest BCUT2D eigenvalue weighted by molar-refractivity contribution is 7.85. The van der Waals surface area contributed by atoms with Crippen molar-refractivity contribution >= 4 is 10.1 Å². The lowest BCUT2D eigenvalue weighted by atomic mass is 10.0. The van der Waals surface area contributed by atoms with Crippen LogP contribution in [0, 0.1) is 13.8 Å². The first-order valence-electron chi connectivity index (χ1n) is 11.6. The predicted octanol–water partition coefficient (Wildman–Crippen LogP) is 7.41. The van der Waals surface area contributed by atoms with Crippen LogP contribution in [0.2, 0.25) is 0 Å². The first-order chi connectivity index (χ1) is 13.9. The molecule has 1 N–H and O–H groups in total. The smallest absolute Gasteiger partial charge is 0.294 e. The minimum atomic E-state index is -4.17. The van der Waals surface area contributed by atoms with Gasteiger partial charge in [0, 0.05) is 0 Å². The lowest BCUT2D eigenvalue weighted by molar-refractivity contribution is 0.300. The molecule has 0 aliphatic heterocycles. The van der Waals surface area contributed by atoms with Crippen LogP contribution in [0.25, 0.3) is 0 Å². The number of ether oxygens (including phenoxy) is 1. The van der Waals surface area contributed by atoms with Crippen molar-refractivity contribution in [3.05, 3.63) is 23.3 Å². The van der Waals surface area contributed by atoms with Gasteiger partial charge in [-0.3, -0.25) is 4.55 Å². The Hall–Kier alpha value is -1.07. The third-order valence-corrected chi connectivity index (χ3v) is 6.31. The number of rotatable bonds is 17. The average molecular weight is 427 g/mol. The molecule has 0 aliphatic rings. The van der Waals surface area contributed by atoms with Gasteiger partial charge in [-0.2, -0.15) is 8.42 Å². The van der Waals surface area contributed by atoms with E-state index in [2.05, 4.69) is 6.92 Å². The van der Waals surface area contributed by atoms with Gasteiger partial charge in [0.1, 0.15) is 5.75 Å². The molecule has 0 atom stereocenters. The maximum absolute atomic E-state index is 11.3. The number of benzene rings is 1. The second kappa shape index (κ2) is 14.8. The lowest BCUT2D eigenvalue weighted by Gasteiger charge is -2.13. The quantitative estimate of drug-likeness (QED) is 0.208. The van der Waals surface area contributed by atoms with Crippen molar-refractivity contribution in [1.29, 1.82) is 0 Å². The number of hydrogen-bond donors (Lipinski definition) is 1. The summed E-state index contributed by atoms with van der Waals surface area (Å²) in [7, 11) is -4.17. The van der Waals surface area contributed by atoms with E-state index < -0.39 is 10.1 Å². The van der Waals surface area contributed by atoms with Crippen LogP contribution >= 0.6 is 0 Å². The Morgan fingerprint density at radius 2 is 1.10 bits per heavy atom. The molecule has 4 nitrogen and oxygen atoms in total. The largest absolute Gasteiger partial charge is 0.493 e. The molecule has 1 aromatic carbocycles. The van der Waals surface area contributed by atoms with Gasteiger partial charge in [-0.15, -0.1) is 0 Å². The number of hydrogen-bond acceptors (Lipinski definition) is 3. The molecule has 0 aliphatic carbocycles. The fourth-order valence-corrected chi connectivity index (χ4v) is 4.41. The van der Waals surface area contributed by atoms with E-state index in [-0.39, 0.29) is 4.90 Å². The lowest BCUT2D eigenvalue weighted by Crippen LogP contribution is -2.04. The van der Waals surface area contributed by atoms with Crippen LogP contribution in [0.4, 0.5) is 0 Å². The molecule has 0 radical (unpaired) electrons. The Kier molecular flexibility index (Phi) is 13.3. The molecule has 0 aromatic heterocycles. The molecule has 1 aromatic rings. The van der Waals surface area contributed by atoms with Crippen LogP contribution in [-0.4, -0.2) is 19.6 Å². The molecule has 0 saturated carbocycles. The van der Waals surface area contributed by atoms with Gasteiger partial charge >= 0.3 is 0 Å². The standard InChI is InChI=1S/C24H42O4S/c1-4-5-6-7-8-9-10-11-12-13-14-15-16-17-18-28-24-21(2)19-23(20-22(24)3)29(25,26)27/h19-20H,4-18H2,1-3H3,(H,25,26,27). The second-order valence-corrected chi connectivity index (χ2v) is 9.73. The van der Waals surface area contributed by atoms with Crippen molar-refractivity contribution in [1.82, 2.24) is 0 Å². The van der Waals surface area contributed by atoms with Crippen molar-refractivity contribution in [2.75, 3.05) is 6.61 Å². The van der Waals surface area contributed by atoms with E-state index in [4.69, 9.17) is 4.74 Å². The highest BCUT2D eigenvalue weighted by atomic mass is 32.2. The third-order valence-electron chi connectivity index (χ3n) is 5.48. The zero-order valence-electron chi connectivity index (χ0n) is 18.8. The molecule has 0 spiro atoms. The van der Waals surface area contributed by atoms with E-state index in [1.807, 2.05) is 13.8 Å². The van der Waals surface area contributed by atoms with Crippen molar-refractivity contribution < 1.29 is 17.7 Å². The van der Waals surface area contributed by atoms with Crippen LogP contribution in [0.1, 0.15) is 108 Å². The summed E-state index contributed by atoms with van der Waals surface area (Å²) in [6.45, 7) is 6.53. The first-order valence-corrected chi connectivity index (χ1v) is 13.0. The van der Waals surface area contributed by atoms with Gasteiger partial charge in [-0.1, -0.05) is 90.4 Å². The highest BCUT2D eigenvalue weighted by Crippen LogP contribution is 2.27. The summed E-state index contributed by atoms with van der Waals surface area (Å²) in [5, 5.41) is 0. The van der Waals surface area contributed by atoms with E-state index in [0.29, 0.717) is 6.61 Å². The Morgan fingerprint density at radius 3 is 1.48 bits per heavy atom. The van der Waals surface area contributed by atoms with Crippen LogP contribution in [-0.2, 0) is 10.1 Å². The van der Waals surface area contributed by atoms with Gasteiger partial charge in [0.25, 0.3) is 10.1 Å². The number of unbranched alkanes of at least 4 members (excludes halogenated alkanes) is 13. The summed E-state index contributed by atoms with van der Waals surface area (Å²) >= 11 is 0. The molecule has 0 unspecified atom stereocenters. The minimum absolute atomic E-state index is 0.0728. The van der Waals surface area contributed by atoms with Crippen molar-refractivity contribution in [2.24, 2.45) is 0 Å². The second-order valence-electron chi connectivity index (χ2n) is 8.31. The fourth-order valence-electron chi connectivity index (χ4n) is 3.76. The van der Waals surface area contributed by atoms with Gasteiger partial charge < -0.3 is 4.74 Å². The Bertz CT molecular complexity index is 644. The average Bonchev–Trinajstić information content (AvgIpc) is 2.65. The topological polar surface area (TPSA) is 63.6 Å². The Balaban J connectivity index is 2.04. The molecule has 1 rings (SSSR count). The number of aryl methyl sites for hydroxylation is 2. The van der Waals surface area contributed by atoms with Crippen molar-refractivity contribution in [3.8, 4) is 5.75 Å². The molecule has 0 bridgehead atoms. The zero-order chi connectivity index (χ0) is 21.5. The summed E-state index contributed by atoms with van der Waals surface area (Å²) in [5.41, 5.74) is 1.48. The SMILES string of the molecule is CCCCCCCCCCCCCCCCOc1c(C)cc(S(=O)(=O)O)cc1C. The molecule has 0 amide bonds. The van der Waals surface area contributed by atoms with Gasteiger partial charge in [0.2, 0.25) is 0 Å². The van der Waals surface area contributed by atoms with Crippen LogP contribution in [0.3, 0.4) is 0 Å². The summed E-state index contributed by atoms with van der Waals surface area (Å²) in [6.07, 6.45) is 18.6.